The normalized spacial score (nSPS) is 20.2. The monoisotopic (exact) mass is 517 g/mol. The molecular weight excluding hydrogens is 491 g/mol. The van der Waals surface area contributed by atoms with Gasteiger partial charge in [0.1, 0.15) is 0 Å². The van der Waals surface area contributed by atoms with Crippen LogP contribution >= 0.6 is 11.6 Å². The second-order valence-electron chi connectivity index (χ2n) is 9.74. The number of aromatic nitrogens is 1. The van der Waals surface area contributed by atoms with Crippen LogP contribution in [0.5, 0.6) is 0 Å². The van der Waals surface area contributed by atoms with Gasteiger partial charge in [-0.15, -0.1) is 0 Å². The fraction of sp³-hybridized carbons (Fsp3) is 0.407. The fourth-order valence-corrected chi connectivity index (χ4v) is 5.45. The zero-order valence-electron chi connectivity index (χ0n) is 19.9. The van der Waals surface area contributed by atoms with Gasteiger partial charge in [-0.2, -0.15) is 13.2 Å². The van der Waals surface area contributed by atoms with Gasteiger partial charge < -0.3 is 14.2 Å². The van der Waals surface area contributed by atoms with Gasteiger partial charge in [-0.25, -0.2) is 4.98 Å². The topological polar surface area (TPSA) is 49.6 Å². The van der Waals surface area contributed by atoms with E-state index in [9.17, 15) is 18.0 Å². The summed E-state index contributed by atoms with van der Waals surface area (Å²) in [5.41, 5.74) is 2.01. The lowest BCUT2D eigenvalue weighted by Gasteiger charge is -2.21. The Hall–Kier alpha value is -2.84. The molecule has 2 fully saturated rings. The molecule has 0 bridgehead atoms. The summed E-state index contributed by atoms with van der Waals surface area (Å²) >= 11 is 6.22. The Morgan fingerprint density at radius 1 is 1.08 bits per heavy atom. The first kappa shape index (κ1) is 24.8. The number of carbonyl (C=O) groups excluding carboxylic acids is 1. The average Bonchev–Trinajstić information content (AvgIpc) is 3.55. The summed E-state index contributed by atoms with van der Waals surface area (Å²) in [7, 11) is 0. The summed E-state index contributed by atoms with van der Waals surface area (Å²) in [5.74, 6) is -1.76. The van der Waals surface area contributed by atoms with Crippen LogP contribution in [0.2, 0.25) is 5.02 Å². The van der Waals surface area contributed by atoms with Crippen molar-refractivity contribution in [3.63, 3.8) is 0 Å². The molecule has 0 saturated carbocycles. The number of carbonyl (C=O) groups is 1. The molecule has 2 saturated heterocycles. The predicted octanol–water partition coefficient (Wildman–Crippen LogP) is 5.96. The van der Waals surface area contributed by atoms with Crippen molar-refractivity contribution in [2.45, 2.75) is 25.9 Å². The minimum absolute atomic E-state index is 0.202. The number of nitrogens with zero attached hydrogens (tertiary/aromatic N) is 3. The fourth-order valence-electron chi connectivity index (χ4n) is 5.25. The molecule has 0 N–H and O–H groups in total. The molecule has 36 heavy (non-hydrogen) atoms. The van der Waals surface area contributed by atoms with Gasteiger partial charge in [-0.05, 0) is 67.5 Å². The summed E-state index contributed by atoms with van der Waals surface area (Å²) in [4.78, 5) is 21.0. The third kappa shape index (κ3) is 5.15. The van der Waals surface area contributed by atoms with Gasteiger partial charge in [0.25, 0.3) is 5.91 Å². The lowest BCUT2D eigenvalue weighted by molar-refractivity contribution is -0.153. The van der Waals surface area contributed by atoms with Crippen molar-refractivity contribution in [3.05, 3.63) is 76.1 Å². The molecule has 3 heterocycles. The highest BCUT2D eigenvalue weighted by atomic mass is 35.5. The van der Waals surface area contributed by atoms with E-state index in [0.717, 1.165) is 43.1 Å². The quantitative estimate of drug-likeness (QED) is 0.405. The van der Waals surface area contributed by atoms with Gasteiger partial charge >= 0.3 is 6.18 Å². The number of fused-ring (bicyclic) bond motifs is 1. The maximum Gasteiger partial charge on any atom is 0.452 e. The van der Waals surface area contributed by atoms with Crippen molar-refractivity contribution < 1.29 is 22.4 Å². The second-order valence-corrected chi connectivity index (χ2v) is 10.1. The predicted molar refractivity (Wildman–Crippen MR) is 131 cm³/mol. The number of benzene rings is 2. The molecule has 0 radical (unpaired) electrons. The van der Waals surface area contributed by atoms with E-state index >= 15 is 0 Å². The Bertz CT molecular complexity index is 1230. The van der Waals surface area contributed by atoms with Crippen molar-refractivity contribution in [3.8, 4) is 11.5 Å². The highest BCUT2D eigenvalue weighted by molar-refractivity contribution is 6.31. The molecule has 0 aliphatic carbocycles. The van der Waals surface area contributed by atoms with E-state index < -0.39 is 23.5 Å². The van der Waals surface area contributed by atoms with E-state index in [4.69, 9.17) is 16.0 Å². The molecule has 9 heteroatoms. The smallest absolute Gasteiger partial charge is 0.431 e. The summed E-state index contributed by atoms with van der Waals surface area (Å²) in [5, 5.41) is 0.782. The van der Waals surface area contributed by atoms with Crippen molar-refractivity contribution in [1.82, 2.24) is 14.8 Å². The zero-order chi connectivity index (χ0) is 25.4. The molecule has 2 unspecified atom stereocenters. The highest BCUT2D eigenvalue weighted by Crippen LogP contribution is 2.38. The molecule has 2 atom stereocenters. The first-order chi connectivity index (χ1) is 17.2. The van der Waals surface area contributed by atoms with Gasteiger partial charge in [0, 0.05) is 36.8 Å². The van der Waals surface area contributed by atoms with Gasteiger partial charge in [-0.3, -0.25) is 4.79 Å². The minimum atomic E-state index is -4.81. The number of rotatable bonds is 6. The lowest BCUT2D eigenvalue weighted by atomic mass is 10.0. The first-order valence-corrected chi connectivity index (χ1v) is 12.5. The van der Waals surface area contributed by atoms with E-state index in [-0.39, 0.29) is 17.7 Å². The largest absolute Gasteiger partial charge is 0.452 e. The van der Waals surface area contributed by atoms with Gasteiger partial charge in [0.15, 0.2) is 5.69 Å². The van der Waals surface area contributed by atoms with Crippen LogP contribution < -0.4 is 0 Å². The number of aryl methyl sites for hydroxylation is 2. The number of halogens is 4. The van der Waals surface area contributed by atoms with Crippen molar-refractivity contribution >= 4 is 17.5 Å². The summed E-state index contributed by atoms with van der Waals surface area (Å²) in [6.45, 7) is 5.45. The van der Waals surface area contributed by atoms with E-state index in [0.29, 0.717) is 18.7 Å². The molecule has 0 spiro atoms. The standard InChI is InChI=1S/C27H27ClF3N3O2/c1-17-9-10-18(12-22(17)28)6-5-11-33-13-20-15-34(16-21(20)14-33)26(35)23-24(27(29,30)31)36-25(32-23)19-7-3-2-4-8-19/h2-4,7-10,12,20-21H,5-6,11,13-16H2,1H3. The minimum Gasteiger partial charge on any atom is -0.431 e. The van der Waals surface area contributed by atoms with E-state index in [1.165, 1.54) is 10.5 Å². The number of hydrogen-bond acceptors (Lipinski definition) is 4. The molecule has 2 aliphatic heterocycles. The molecule has 3 aromatic rings. The molecule has 1 amide bonds. The Morgan fingerprint density at radius 2 is 1.78 bits per heavy atom. The van der Waals surface area contributed by atoms with Crippen LogP contribution in [-0.2, 0) is 12.6 Å². The molecule has 1 aromatic heterocycles. The number of amides is 1. The maximum atomic E-state index is 13.7. The van der Waals surface area contributed by atoms with Crippen molar-refractivity contribution in [2.75, 3.05) is 32.7 Å². The number of likely N-dealkylation sites (tertiary alicyclic amines) is 2. The van der Waals surface area contributed by atoms with Crippen molar-refractivity contribution in [1.29, 1.82) is 0 Å². The van der Waals surface area contributed by atoms with Gasteiger partial charge in [-0.1, -0.05) is 41.9 Å². The van der Waals surface area contributed by atoms with Crippen LogP contribution in [0.25, 0.3) is 11.5 Å². The summed E-state index contributed by atoms with van der Waals surface area (Å²) < 4.78 is 46.1. The van der Waals surface area contributed by atoms with Crippen LogP contribution in [0, 0.1) is 18.8 Å². The lowest BCUT2D eigenvalue weighted by Crippen LogP contribution is -2.34. The van der Waals surface area contributed by atoms with Gasteiger partial charge in [0.2, 0.25) is 11.7 Å². The summed E-state index contributed by atoms with van der Waals surface area (Å²) in [6, 6.07) is 14.5. The average molecular weight is 518 g/mol. The molecule has 5 nitrogen and oxygen atoms in total. The van der Waals surface area contributed by atoms with Gasteiger partial charge in [0.05, 0.1) is 0 Å². The van der Waals surface area contributed by atoms with E-state index in [1.807, 2.05) is 19.1 Å². The number of hydrogen-bond donors (Lipinski definition) is 0. The third-order valence-electron chi connectivity index (χ3n) is 7.13. The Balaban J connectivity index is 1.20. The number of alkyl halides is 3. The Kier molecular flexibility index (Phi) is 6.83. The van der Waals surface area contributed by atoms with Crippen LogP contribution in [0.3, 0.4) is 0 Å². The zero-order valence-corrected chi connectivity index (χ0v) is 20.6. The summed E-state index contributed by atoms with van der Waals surface area (Å²) in [6.07, 6.45) is -2.87. The molecular formula is C27H27ClF3N3O2. The SMILES string of the molecule is Cc1ccc(CCCN2CC3CN(C(=O)c4nc(-c5ccccc5)oc4C(F)(F)F)CC3C2)cc1Cl. The van der Waals surface area contributed by atoms with Crippen LogP contribution in [0.1, 0.15) is 33.8 Å². The van der Waals surface area contributed by atoms with Crippen LogP contribution in [-0.4, -0.2) is 53.4 Å². The Labute approximate surface area is 212 Å². The maximum absolute atomic E-state index is 13.7. The molecule has 5 rings (SSSR count). The first-order valence-electron chi connectivity index (χ1n) is 12.1. The van der Waals surface area contributed by atoms with Crippen LogP contribution in [0.15, 0.2) is 52.9 Å². The Morgan fingerprint density at radius 3 is 2.42 bits per heavy atom. The highest BCUT2D eigenvalue weighted by Gasteiger charge is 2.46. The van der Waals surface area contributed by atoms with Crippen LogP contribution in [0.4, 0.5) is 13.2 Å². The van der Waals surface area contributed by atoms with E-state index in [2.05, 4.69) is 16.0 Å². The molecule has 190 valence electrons. The molecule has 2 aliphatic rings. The van der Waals surface area contributed by atoms with Crippen molar-refractivity contribution in [2.24, 2.45) is 11.8 Å². The number of oxazole rings is 1. The second kappa shape index (κ2) is 9.90. The molecule has 2 aromatic carbocycles. The van der Waals surface area contributed by atoms with E-state index in [1.54, 1.807) is 30.3 Å². The third-order valence-corrected chi connectivity index (χ3v) is 7.54.